The van der Waals surface area contributed by atoms with Gasteiger partial charge in [-0.2, -0.15) is 13.2 Å². The fourth-order valence-corrected chi connectivity index (χ4v) is 3.65. The minimum Gasteiger partial charge on any atom is -0.484 e. The average molecular weight is 481 g/mol. The highest BCUT2D eigenvalue weighted by molar-refractivity contribution is 5.94. The number of alkyl halides is 3. The van der Waals surface area contributed by atoms with Crippen LogP contribution in [0.3, 0.4) is 0 Å². The molecule has 0 saturated carbocycles. The third kappa shape index (κ3) is 7.46. The molecule has 0 spiro atoms. The Labute approximate surface area is 197 Å². The maximum absolute atomic E-state index is 12.7. The third-order valence-corrected chi connectivity index (χ3v) is 5.49. The van der Waals surface area contributed by atoms with E-state index in [0.29, 0.717) is 16.9 Å². The molecule has 1 heterocycles. The lowest BCUT2D eigenvalue weighted by Gasteiger charge is -2.27. The van der Waals surface area contributed by atoms with Crippen molar-refractivity contribution < 1.29 is 27.5 Å². The SMILES string of the molecule is Cc1ccc([C@@H](Oc2ccc(C(=O)N[C@H]3CCCNC3)cc2)[C@H](C)NC(=O)C(F)(F)F)cc1.N. The number of hydrogen-bond donors (Lipinski definition) is 4. The summed E-state index contributed by atoms with van der Waals surface area (Å²) in [7, 11) is 0. The Morgan fingerprint density at radius 1 is 1.09 bits per heavy atom. The lowest BCUT2D eigenvalue weighted by molar-refractivity contribution is -0.174. The Balaban J connectivity index is 0.00000408. The molecular weight excluding hydrogens is 449 g/mol. The molecule has 1 fully saturated rings. The zero-order valence-corrected chi connectivity index (χ0v) is 19.2. The van der Waals surface area contributed by atoms with Gasteiger partial charge >= 0.3 is 12.1 Å². The first kappa shape index (κ1) is 27.1. The molecule has 0 bridgehead atoms. The number of benzene rings is 2. The van der Waals surface area contributed by atoms with Crippen molar-refractivity contribution in [1.82, 2.24) is 22.1 Å². The first-order valence-electron chi connectivity index (χ1n) is 10.9. The first-order valence-corrected chi connectivity index (χ1v) is 10.9. The maximum Gasteiger partial charge on any atom is 0.471 e. The second-order valence-corrected chi connectivity index (χ2v) is 8.25. The molecule has 2 aromatic rings. The Kier molecular flexibility index (Phi) is 9.46. The molecule has 6 N–H and O–H groups in total. The molecule has 186 valence electrons. The van der Waals surface area contributed by atoms with Gasteiger partial charge in [0.15, 0.2) is 0 Å². The number of nitrogens with one attached hydrogen (secondary N) is 3. The van der Waals surface area contributed by atoms with Crippen LogP contribution in [0.15, 0.2) is 48.5 Å². The molecule has 1 aliphatic heterocycles. The summed E-state index contributed by atoms with van der Waals surface area (Å²) >= 11 is 0. The Bertz CT molecular complexity index is 943. The third-order valence-electron chi connectivity index (χ3n) is 5.49. The minimum absolute atomic E-state index is 0. The number of ether oxygens (including phenoxy) is 1. The van der Waals surface area contributed by atoms with Crippen molar-refractivity contribution in [3.63, 3.8) is 0 Å². The lowest BCUT2D eigenvalue weighted by Crippen LogP contribution is -2.45. The van der Waals surface area contributed by atoms with Crippen LogP contribution < -0.4 is 26.8 Å². The van der Waals surface area contributed by atoms with Crippen molar-refractivity contribution in [3.8, 4) is 5.75 Å². The van der Waals surface area contributed by atoms with E-state index in [0.717, 1.165) is 31.5 Å². The molecule has 3 atom stereocenters. The standard InChI is InChI=1S/C24H28F3N3O3.H3N/c1-15-5-7-17(8-6-15)21(16(2)29-23(32)24(25,26)27)33-20-11-9-18(10-12-20)22(31)30-19-4-3-13-28-14-19;/h5-12,16,19,21,28H,3-4,13-14H2,1-2H3,(H,29,32)(H,30,31);1H3/t16-,19-,21-;/m0./s1. The van der Waals surface area contributed by atoms with Crippen molar-refractivity contribution in [3.05, 3.63) is 65.2 Å². The maximum atomic E-state index is 12.7. The van der Waals surface area contributed by atoms with Gasteiger partial charge in [0.25, 0.3) is 5.91 Å². The second-order valence-electron chi connectivity index (χ2n) is 8.25. The number of carbonyl (C=O) groups is 2. The van der Waals surface area contributed by atoms with E-state index in [9.17, 15) is 22.8 Å². The number of piperidine rings is 1. The summed E-state index contributed by atoms with van der Waals surface area (Å²) < 4.78 is 44.2. The van der Waals surface area contributed by atoms with Crippen molar-refractivity contribution in [2.45, 2.75) is 51.1 Å². The van der Waals surface area contributed by atoms with E-state index in [4.69, 9.17) is 4.74 Å². The lowest BCUT2D eigenvalue weighted by atomic mass is 10.0. The van der Waals surface area contributed by atoms with E-state index in [-0.39, 0.29) is 18.1 Å². The van der Waals surface area contributed by atoms with E-state index < -0.39 is 24.2 Å². The van der Waals surface area contributed by atoms with E-state index in [1.54, 1.807) is 36.4 Å². The van der Waals surface area contributed by atoms with Crippen LogP contribution in [0.5, 0.6) is 5.75 Å². The van der Waals surface area contributed by atoms with Gasteiger partial charge in [0, 0.05) is 18.2 Å². The fourth-order valence-electron chi connectivity index (χ4n) is 3.65. The van der Waals surface area contributed by atoms with Crippen molar-refractivity contribution >= 4 is 11.8 Å². The molecule has 0 aliphatic carbocycles. The molecule has 2 amide bonds. The van der Waals surface area contributed by atoms with Crippen molar-refractivity contribution in [1.29, 1.82) is 0 Å². The largest absolute Gasteiger partial charge is 0.484 e. The van der Waals surface area contributed by atoms with E-state index in [2.05, 4.69) is 10.6 Å². The molecular formula is C24H31F3N4O3. The van der Waals surface area contributed by atoms with Crippen molar-refractivity contribution in [2.24, 2.45) is 0 Å². The van der Waals surface area contributed by atoms with E-state index in [1.807, 2.05) is 24.4 Å². The van der Waals surface area contributed by atoms with Gasteiger partial charge in [0.1, 0.15) is 11.9 Å². The predicted octanol–water partition coefficient (Wildman–Crippen LogP) is 3.83. The monoisotopic (exact) mass is 480 g/mol. The highest BCUT2D eigenvalue weighted by Gasteiger charge is 2.40. The van der Waals surface area contributed by atoms with Crippen LogP contribution in [-0.2, 0) is 4.79 Å². The second kappa shape index (κ2) is 11.8. The molecule has 0 unspecified atom stereocenters. The highest BCUT2D eigenvalue weighted by Crippen LogP contribution is 2.27. The number of hydrogen-bond acceptors (Lipinski definition) is 5. The summed E-state index contributed by atoms with van der Waals surface area (Å²) in [6.45, 7) is 5.02. The molecule has 0 aromatic heterocycles. The van der Waals surface area contributed by atoms with Crippen LogP contribution in [0.1, 0.15) is 47.4 Å². The Morgan fingerprint density at radius 2 is 1.74 bits per heavy atom. The number of halogens is 3. The van der Waals surface area contributed by atoms with Crippen LogP contribution >= 0.6 is 0 Å². The fraction of sp³-hybridized carbons (Fsp3) is 0.417. The van der Waals surface area contributed by atoms with Crippen LogP contribution in [0.4, 0.5) is 13.2 Å². The van der Waals surface area contributed by atoms with Crippen LogP contribution in [0.2, 0.25) is 0 Å². The summed E-state index contributed by atoms with van der Waals surface area (Å²) in [6.07, 6.45) is -3.94. The van der Waals surface area contributed by atoms with E-state index >= 15 is 0 Å². The van der Waals surface area contributed by atoms with Crippen molar-refractivity contribution in [2.75, 3.05) is 13.1 Å². The minimum atomic E-state index is -4.99. The topological polar surface area (TPSA) is 114 Å². The quantitative estimate of drug-likeness (QED) is 0.481. The summed E-state index contributed by atoms with van der Waals surface area (Å²) in [5.41, 5.74) is 2.05. The summed E-state index contributed by atoms with van der Waals surface area (Å²) in [6, 6.07) is 12.6. The highest BCUT2D eigenvalue weighted by atomic mass is 19.4. The average Bonchev–Trinajstić information content (AvgIpc) is 2.78. The molecule has 0 radical (unpaired) electrons. The molecule has 10 heteroatoms. The summed E-state index contributed by atoms with van der Waals surface area (Å²) in [4.78, 5) is 23.9. The Morgan fingerprint density at radius 3 is 2.29 bits per heavy atom. The predicted molar refractivity (Wildman–Crippen MR) is 123 cm³/mol. The number of aryl methyl sites for hydroxylation is 1. The molecule has 2 aromatic carbocycles. The number of carbonyl (C=O) groups excluding carboxylic acids is 2. The first-order chi connectivity index (χ1) is 15.6. The van der Waals surface area contributed by atoms with Gasteiger partial charge in [-0.05, 0) is 63.1 Å². The molecule has 34 heavy (non-hydrogen) atoms. The number of rotatable bonds is 7. The van der Waals surface area contributed by atoms with Gasteiger partial charge < -0.3 is 26.8 Å². The van der Waals surface area contributed by atoms with Gasteiger partial charge in [0.2, 0.25) is 0 Å². The summed E-state index contributed by atoms with van der Waals surface area (Å²) in [5, 5.41) is 8.19. The zero-order valence-electron chi connectivity index (χ0n) is 19.2. The molecule has 1 saturated heterocycles. The number of amides is 2. The van der Waals surface area contributed by atoms with Gasteiger partial charge in [-0.3, -0.25) is 9.59 Å². The molecule has 3 rings (SSSR count). The Hall–Kier alpha value is -3.11. The van der Waals surface area contributed by atoms with Crippen LogP contribution in [0.25, 0.3) is 0 Å². The summed E-state index contributed by atoms with van der Waals surface area (Å²) in [5.74, 6) is -1.86. The van der Waals surface area contributed by atoms with Gasteiger partial charge in [0.05, 0.1) is 6.04 Å². The normalized spacial score (nSPS) is 17.6. The zero-order chi connectivity index (χ0) is 24.0. The van der Waals surface area contributed by atoms with Gasteiger partial charge in [-0.15, -0.1) is 0 Å². The van der Waals surface area contributed by atoms with Crippen LogP contribution in [-0.4, -0.2) is 43.2 Å². The molecule has 7 nitrogen and oxygen atoms in total. The van der Waals surface area contributed by atoms with Gasteiger partial charge in [-0.1, -0.05) is 29.8 Å². The van der Waals surface area contributed by atoms with E-state index in [1.165, 1.54) is 6.92 Å². The van der Waals surface area contributed by atoms with Crippen LogP contribution in [0, 0.1) is 6.92 Å². The van der Waals surface area contributed by atoms with Gasteiger partial charge in [-0.25, -0.2) is 0 Å². The molecule has 1 aliphatic rings. The smallest absolute Gasteiger partial charge is 0.471 e.